The molecule has 1 radical (unpaired) electrons. The van der Waals surface area contributed by atoms with Gasteiger partial charge in [-0.15, -0.1) is 15.0 Å². The summed E-state index contributed by atoms with van der Waals surface area (Å²) in [7, 11) is 0. The van der Waals surface area contributed by atoms with E-state index in [1.807, 2.05) is 0 Å². The number of hydrogen-bond donors (Lipinski definition) is 1. The SMILES string of the molecule is Oc1c[c]ccc1-n1nc2cc(Cl)c(Cl)cc2n1. The van der Waals surface area contributed by atoms with Gasteiger partial charge in [-0.3, -0.25) is 0 Å². The van der Waals surface area contributed by atoms with Gasteiger partial charge in [0.05, 0.1) is 10.0 Å². The fourth-order valence-electron chi connectivity index (χ4n) is 1.60. The van der Waals surface area contributed by atoms with Crippen molar-refractivity contribution in [3.05, 3.63) is 46.4 Å². The van der Waals surface area contributed by atoms with Gasteiger partial charge >= 0.3 is 0 Å². The second-order valence-corrected chi connectivity index (χ2v) is 4.47. The van der Waals surface area contributed by atoms with E-state index in [1.165, 1.54) is 10.9 Å². The largest absolute Gasteiger partial charge is 0.506 e. The molecule has 0 amide bonds. The molecule has 1 aromatic heterocycles. The Labute approximate surface area is 112 Å². The smallest absolute Gasteiger partial charge is 0.143 e. The summed E-state index contributed by atoms with van der Waals surface area (Å²) in [6.07, 6.45) is 0. The lowest BCUT2D eigenvalue weighted by Crippen LogP contribution is -1.98. The van der Waals surface area contributed by atoms with Gasteiger partial charge in [0.15, 0.2) is 0 Å². The fraction of sp³-hybridized carbons (Fsp3) is 0. The van der Waals surface area contributed by atoms with Crippen molar-refractivity contribution in [1.29, 1.82) is 0 Å². The third-order valence-electron chi connectivity index (χ3n) is 2.46. The van der Waals surface area contributed by atoms with Gasteiger partial charge in [-0.1, -0.05) is 29.3 Å². The molecule has 89 valence electrons. The molecule has 0 unspecified atom stereocenters. The van der Waals surface area contributed by atoms with Gasteiger partial charge in [-0.05, 0) is 30.3 Å². The predicted molar refractivity (Wildman–Crippen MR) is 69.4 cm³/mol. The van der Waals surface area contributed by atoms with Crippen LogP contribution < -0.4 is 0 Å². The summed E-state index contributed by atoms with van der Waals surface area (Å²) in [6.45, 7) is 0. The number of benzene rings is 2. The Balaban J connectivity index is 2.23. The molecule has 0 atom stereocenters. The molecule has 2 aromatic carbocycles. The summed E-state index contributed by atoms with van der Waals surface area (Å²) in [6, 6.07) is 10.8. The first kappa shape index (κ1) is 11.3. The number of aromatic nitrogens is 3. The summed E-state index contributed by atoms with van der Waals surface area (Å²) < 4.78 is 0. The first-order valence-corrected chi connectivity index (χ1v) is 5.82. The van der Waals surface area contributed by atoms with E-state index in [1.54, 1.807) is 24.3 Å². The molecule has 0 spiro atoms. The molecule has 0 bridgehead atoms. The number of phenolic OH excluding ortho intramolecular Hbond substituents is 1. The maximum atomic E-state index is 9.71. The van der Waals surface area contributed by atoms with Crippen LogP contribution in [0.25, 0.3) is 16.7 Å². The van der Waals surface area contributed by atoms with Crippen molar-refractivity contribution in [2.24, 2.45) is 0 Å². The zero-order valence-corrected chi connectivity index (χ0v) is 10.4. The minimum atomic E-state index is 0.0509. The number of hydrogen-bond acceptors (Lipinski definition) is 3. The van der Waals surface area contributed by atoms with E-state index in [9.17, 15) is 5.11 Å². The maximum Gasteiger partial charge on any atom is 0.143 e. The van der Waals surface area contributed by atoms with Crippen molar-refractivity contribution in [2.45, 2.75) is 0 Å². The summed E-state index contributed by atoms with van der Waals surface area (Å²) in [4.78, 5) is 1.33. The zero-order valence-electron chi connectivity index (χ0n) is 8.93. The Bertz CT molecular complexity index is 700. The monoisotopic (exact) mass is 278 g/mol. The van der Waals surface area contributed by atoms with Crippen LogP contribution in [-0.2, 0) is 0 Å². The standard InChI is InChI=1S/C12H6Cl2N3O/c13-7-5-9-10(6-8(7)14)16-17(15-9)11-3-1-2-4-12(11)18/h1,3-6,18H. The van der Waals surface area contributed by atoms with Crippen LogP contribution in [0.3, 0.4) is 0 Å². The molecule has 3 aromatic rings. The van der Waals surface area contributed by atoms with Crippen molar-refractivity contribution in [1.82, 2.24) is 15.0 Å². The van der Waals surface area contributed by atoms with Crippen molar-refractivity contribution in [3.63, 3.8) is 0 Å². The summed E-state index contributed by atoms with van der Waals surface area (Å²) in [5.41, 5.74) is 1.69. The second kappa shape index (κ2) is 4.15. The average Bonchev–Trinajstić information content (AvgIpc) is 2.73. The minimum Gasteiger partial charge on any atom is -0.506 e. The van der Waals surface area contributed by atoms with Crippen molar-refractivity contribution >= 4 is 34.2 Å². The van der Waals surface area contributed by atoms with Gasteiger partial charge in [-0.2, -0.15) is 0 Å². The van der Waals surface area contributed by atoms with E-state index < -0.39 is 0 Å². The minimum absolute atomic E-state index is 0.0509. The molecule has 1 N–H and O–H groups in total. The Kier molecular flexibility index (Phi) is 2.61. The highest BCUT2D eigenvalue weighted by Crippen LogP contribution is 2.27. The molecule has 18 heavy (non-hydrogen) atoms. The van der Waals surface area contributed by atoms with Gasteiger partial charge < -0.3 is 5.11 Å². The van der Waals surface area contributed by atoms with Crippen LogP contribution in [0.2, 0.25) is 10.0 Å². The van der Waals surface area contributed by atoms with Crippen LogP contribution in [0.15, 0.2) is 30.3 Å². The molecule has 0 fully saturated rings. The van der Waals surface area contributed by atoms with E-state index in [0.717, 1.165) is 0 Å². The second-order valence-electron chi connectivity index (χ2n) is 3.66. The van der Waals surface area contributed by atoms with Crippen LogP contribution in [0.4, 0.5) is 0 Å². The number of aromatic hydroxyl groups is 1. The fourth-order valence-corrected chi connectivity index (χ4v) is 1.92. The Morgan fingerprint density at radius 1 is 1.11 bits per heavy atom. The first-order chi connectivity index (χ1) is 8.65. The summed E-state index contributed by atoms with van der Waals surface area (Å²) >= 11 is 11.8. The predicted octanol–water partition coefficient (Wildman–Crippen LogP) is 3.23. The highest BCUT2D eigenvalue weighted by molar-refractivity contribution is 6.42. The quantitative estimate of drug-likeness (QED) is 0.744. The number of phenols is 1. The third kappa shape index (κ3) is 1.79. The Hall–Kier alpha value is -1.78. The summed E-state index contributed by atoms with van der Waals surface area (Å²) in [5.74, 6) is 0.0509. The van der Waals surface area contributed by atoms with Crippen molar-refractivity contribution in [3.8, 4) is 11.4 Å². The highest BCUT2D eigenvalue weighted by atomic mass is 35.5. The molecular weight excluding hydrogens is 273 g/mol. The average molecular weight is 279 g/mol. The van der Waals surface area contributed by atoms with Gasteiger partial charge in [0.1, 0.15) is 22.5 Å². The van der Waals surface area contributed by atoms with Crippen LogP contribution in [0, 0.1) is 6.07 Å². The number of halogens is 2. The van der Waals surface area contributed by atoms with Gasteiger partial charge in [0, 0.05) is 0 Å². The Morgan fingerprint density at radius 2 is 1.72 bits per heavy atom. The lowest BCUT2D eigenvalue weighted by Gasteiger charge is -2.00. The van der Waals surface area contributed by atoms with E-state index >= 15 is 0 Å². The van der Waals surface area contributed by atoms with Gasteiger partial charge in [0.25, 0.3) is 0 Å². The normalized spacial score (nSPS) is 11.0. The lowest BCUT2D eigenvalue weighted by atomic mass is 10.3. The Morgan fingerprint density at radius 3 is 2.28 bits per heavy atom. The first-order valence-electron chi connectivity index (χ1n) is 5.07. The maximum absolute atomic E-state index is 9.71. The third-order valence-corrected chi connectivity index (χ3v) is 3.18. The lowest BCUT2D eigenvalue weighted by molar-refractivity contribution is 0.467. The molecule has 0 saturated heterocycles. The number of fused-ring (bicyclic) bond motifs is 1. The molecule has 0 saturated carbocycles. The molecule has 3 rings (SSSR count). The molecule has 0 aliphatic rings. The van der Waals surface area contributed by atoms with Crippen LogP contribution >= 0.6 is 23.2 Å². The van der Waals surface area contributed by atoms with Gasteiger partial charge in [0.2, 0.25) is 0 Å². The number of nitrogens with zero attached hydrogens (tertiary/aromatic N) is 3. The van der Waals surface area contributed by atoms with E-state index in [4.69, 9.17) is 23.2 Å². The van der Waals surface area contributed by atoms with Crippen LogP contribution in [-0.4, -0.2) is 20.1 Å². The topological polar surface area (TPSA) is 50.9 Å². The van der Waals surface area contributed by atoms with Gasteiger partial charge in [-0.25, -0.2) is 0 Å². The van der Waals surface area contributed by atoms with E-state index in [-0.39, 0.29) is 5.75 Å². The summed E-state index contributed by atoms with van der Waals surface area (Å²) in [5, 5.41) is 19.0. The molecule has 1 heterocycles. The van der Waals surface area contributed by atoms with Crippen LogP contribution in [0.1, 0.15) is 0 Å². The van der Waals surface area contributed by atoms with Crippen molar-refractivity contribution < 1.29 is 5.11 Å². The number of rotatable bonds is 1. The van der Waals surface area contributed by atoms with Crippen LogP contribution in [0.5, 0.6) is 5.75 Å². The highest BCUT2D eigenvalue weighted by Gasteiger charge is 2.10. The molecule has 6 heteroatoms. The molecule has 4 nitrogen and oxygen atoms in total. The molecule has 0 aliphatic carbocycles. The van der Waals surface area contributed by atoms with Crippen molar-refractivity contribution in [2.75, 3.05) is 0 Å². The van der Waals surface area contributed by atoms with E-state index in [2.05, 4.69) is 16.3 Å². The zero-order chi connectivity index (χ0) is 12.7. The molecular formula is C12H6Cl2N3O. The van der Waals surface area contributed by atoms with E-state index in [0.29, 0.717) is 26.8 Å². The molecule has 0 aliphatic heterocycles.